The van der Waals surface area contributed by atoms with Crippen LogP contribution in [0.1, 0.15) is 25.1 Å². The van der Waals surface area contributed by atoms with E-state index in [9.17, 15) is 4.79 Å². The second-order valence-electron chi connectivity index (χ2n) is 5.64. The van der Waals surface area contributed by atoms with Crippen molar-refractivity contribution in [3.63, 3.8) is 0 Å². The van der Waals surface area contributed by atoms with E-state index >= 15 is 0 Å². The van der Waals surface area contributed by atoms with Gasteiger partial charge in [0.1, 0.15) is 11.6 Å². The van der Waals surface area contributed by atoms with Gasteiger partial charge in [-0.1, -0.05) is 17.7 Å². The molecule has 2 rings (SSSR count). The van der Waals surface area contributed by atoms with Crippen LogP contribution < -0.4 is 10.1 Å². The van der Waals surface area contributed by atoms with E-state index in [1.54, 1.807) is 32.0 Å². The Kier molecular flexibility index (Phi) is 4.71. The Morgan fingerprint density at radius 1 is 1.23 bits per heavy atom. The Bertz CT molecular complexity index is 699. The molecule has 22 heavy (non-hydrogen) atoms. The first-order valence-corrected chi connectivity index (χ1v) is 7.36. The van der Waals surface area contributed by atoms with Crippen LogP contribution in [0.25, 0.3) is 0 Å². The third-order valence-electron chi connectivity index (χ3n) is 3.18. The van der Waals surface area contributed by atoms with Gasteiger partial charge in [0.25, 0.3) is 5.91 Å². The average Bonchev–Trinajstić information content (AvgIpc) is 2.42. The summed E-state index contributed by atoms with van der Waals surface area (Å²) < 4.78 is 5.80. The number of benzene rings is 1. The molecule has 1 heterocycles. The van der Waals surface area contributed by atoms with Gasteiger partial charge in [0, 0.05) is 10.7 Å². The monoisotopic (exact) mass is 318 g/mol. The number of hydrogen-bond donors (Lipinski definition) is 1. The number of halogens is 1. The van der Waals surface area contributed by atoms with Crippen molar-refractivity contribution >= 4 is 23.3 Å². The molecule has 0 aliphatic heterocycles. The molecule has 0 bridgehead atoms. The molecule has 0 aliphatic carbocycles. The molecule has 1 amide bonds. The van der Waals surface area contributed by atoms with Gasteiger partial charge in [-0.2, -0.15) is 0 Å². The topological polar surface area (TPSA) is 51.2 Å². The highest BCUT2D eigenvalue weighted by Crippen LogP contribution is 2.25. The van der Waals surface area contributed by atoms with Gasteiger partial charge in [0.15, 0.2) is 5.60 Å². The number of carbonyl (C=O) groups is 1. The zero-order valence-corrected chi connectivity index (χ0v) is 13.9. The van der Waals surface area contributed by atoms with Crippen LogP contribution in [0.4, 0.5) is 5.82 Å². The van der Waals surface area contributed by atoms with Crippen molar-refractivity contribution in [3.8, 4) is 5.75 Å². The average molecular weight is 319 g/mol. The molecule has 116 valence electrons. The van der Waals surface area contributed by atoms with Crippen LogP contribution in [0.2, 0.25) is 5.02 Å². The molecule has 1 N–H and O–H groups in total. The van der Waals surface area contributed by atoms with Crippen LogP contribution in [-0.2, 0) is 4.79 Å². The van der Waals surface area contributed by atoms with Crippen LogP contribution in [0.5, 0.6) is 5.75 Å². The first-order valence-electron chi connectivity index (χ1n) is 6.98. The molecule has 1 aromatic heterocycles. The summed E-state index contributed by atoms with van der Waals surface area (Å²) in [6.07, 6.45) is 0. The van der Waals surface area contributed by atoms with E-state index in [2.05, 4.69) is 10.3 Å². The van der Waals surface area contributed by atoms with Crippen LogP contribution in [0, 0.1) is 13.8 Å². The van der Waals surface area contributed by atoms with Crippen LogP contribution in [0.15, 0.2) is 36.4 Å². The quantitative estimate of drug-likeness (QED) is 0.921. The maximum absolute atomic E-state index is 12.4. The van der Waals surface area contributed by atoms with E-state index in [0.29, 0.717) is 16.6 Å². The third kappa shape index (κ3) is 3.98. The molecule has 0 spiro atoms. The van der Waals surface area contributed by atoms with Gasteiger partial charge in [-0.15, -0.1) is 0 Å². The molecular weight excluding hydrogens is 300 g/mol. The predicted molar refractivity (Wildman–Crippen MR) is 88.5 cm³/mol. The fourth-order valence-corrected chi connectivity index (χ4v) is 2.02. The van der Waals surface area contributed by atoms with Crippen molar-refractivity contribution in [2.75, 3.05) is 5.32 Å². The van der Waals surface area contributed by atoms with Gasteiger partial charge in [-0.3, -0.25) is 4.79 Å². The minimum Gasteiger partial charge on any atom is -0.478 e. The van der Waals surface area contributed by atoms with Gasteiger partial charge in [-0.25, -0.2) is 4.98 Å². The summed E-state index contributed by atoms with van der Waals surface area (Å²) in [7, 11) is 0. The summed E-state index contributed by atoms with van der Waals surface area (Å²) in [5.41, 5.74) is 0.701. The predicted octanol–water partition coefficient (Wildman–Crippen LogP) is 4.15. The SMILES string of the molecule is Cc1cccc(NC(=O)C(C)(C)Oc2ccc(Cl)c(C)c2)n1. The molecule has 0 saturated carbocycles. The summed E-state index contributed by atoms with van der Waals surface area (Å²) >= 11 is 5.99. The summed E-state index contributed by atoms with van der Waals surface area (Å²) in [6.45, 7) is 7.18. The highest BCUT2D eigenvalue weighted by atomic mass is 35.5. The molecule has 0 fully saturated rings. The maximum Gasteiger partial charge on any atom is 0.269 e. The standard InChI is InChI=1S/C17H19ClN2O2/c1-11-10-13(8-9-14(11)18)22-17(3,4)16(21)20-15-7-5-6-12(2)19-15/h5-10H,1-4H3,(H,19,20,21). The first-order chi connectivity index (χ1) is 10.3. The minimum absolute atomic E-state index is 0.266. The first kappa shape index (κ1) is 16.3. The lowest BCUT2D eigenvalue weighted by atomic mass is 10.1. The van der Waals surface area contributed by atoms with E-state index in [1.165, 1.54) is 0 Å². The normalized spacial score (nSPS) is 11.1. The van der Waals surface area contributed by atoms with Crippen molar-refractivity contribution < 1.29 is 9.53 Å². The van der Waals surface area contributed by atoms with E-state index in [1.807, 2.05) is 32.0 Å². The fourth-order valence-electron chi connectivity index (χ4n) is 1.90. The number of amides is 1. The highest BCUT2D eigenvalue weighted by Gasteiger charge is 2.30. The second-order valence-corrected chi connectivity index (χ2v) is 6.05. The van der Waals surface area contributed by atoms with Crippen molar-refractivity contribution in [1.29, 1.82) is 0 Å². The van der Waals surface area contributed by atoms with Gasteiger partial charge >= 0.3 is 0 Å². The lowest BCUT2D eigenvalue weighted by Crippen LogP contribution is -2.42. The van der Waals surface area contributed by atoms with Gasteiger partial charge < -0.3 is 10.1 Å². The van der Waals surface area contributed by atoms with Crippen LogP contribution in [-0.4, -0.2) is 16.5 Å². The molecule has 1 aromatic carbocycles. The Balaban J connectivity index is 2.11. The molecule has 0 saturated heterocycles. The smallest absolute Gasteiger partial charge is 0.269 e. The Hall–Kier alpha value is -2.07. The van der Waals surface area contributed by atoms with Crippen molar-refractivity contribution in [3.05, 3.63) is 52.7 Å². The number of ether oxygens (including phenoxy) is 1. The number of rotatable bonds is 4. The third-order valence-corrected chi connectivity index (χ3v) is 3.60. The van der Waals surface area contributed by atoms with E-state index in [0.717, 1.165) is 11.3 Å². The Morgan fingerprint density at radius 2 is 1.95 bits per heavy atom. The number of aryl methyl sites for hydroxylation is 2. The number of nitrogens with one attached hydrogen (secondary N) is 1. The van der Waals surface area contributed by atoms with Gasteiger partial charge in [0.2, 0.25) is 0 Å². The number of hydrogen-bond acceptors (Lipinski definition) is 3. The molecule has 0 radical (unpaired) electrons. The fraction of sp³-hybridized carbons (Fsp3) is 0.294. The largest absolute Gasteiger partial charge is 0.478 e. The van der Waals surface area contributed by atoms with E-state index in [-0.39, 0.29) is 5.91 Å². The highest BCUT2D eigenvalue weighted by molar-refractivity contribution is 6.31. The number of nitrogens with zero attached hydrogens (tertiary/aromatic N) is 1. The number of aromatic nitrogens is 1. The lowest BCUT2D eigenvalue weighted by Gasteiger charge is -2.25. The molecule has 5 heteroatoms. The summed E-state index contributed by atoms with van der Waals surface area (Å²) in [5, 5.41) is 3.43. The zero-order valence-electron chi connectivity index (χ0n) is 13.1. The molecule has 0 aliphatic rings. The molecule has 0 unspecified atom stereocenters. The van der Waals surface area contributed by atoms with E-state index < -0.39 is 5.60 Å². The second kappa shape index (κ2) is 6.36. The molecular formula is C17H19ClN2O2. The maximum atomic E-state index is 12.4. The number of anilines is 1. The van der Waals surface area contributed by atoms with Crippen molar-refractivity contribution in [2.24, 2.45) is 0 Å². The zero-order chi connectivity index (χ0) is 16.3. The summed E-state index contributed by atoms with van der Waals surface area (Å²) in [6, 6.07) is 10.8. The van der Waals surface area contributed by atoms with Crippen LogP contribution >= 0.6 is 11.6 Å². The summed E-state index contributed by atoms with van der Waals surface area (Å²) in [5.74, 6) is 0.839. The molecule has 4 nitrogen and oxygen atoms in total. The van der Waals surface area contributed by atoms with E-state index in [4.69, 9.17) is 16.3 Å². The number of carbonyl (C=O) groups excluding carboxylic acids is 1. The Labute approximate surface area is 135 Å². The van der Waals surface area contributed by atoms with Crippen LogP contribution in [0.3, 0.4) is 0 Å². The van der Waals surface area contributed by atoms with Crippen molar-refractivity contribution in [1.82, 2.24) is 4.98 Å². The lowest BCUT2D eigenvalue weighted by molar-refractivity contribution is -0.128. The van der Waals surface area contributed by atoms with Gasteiger partial charge in [-0.05, 0) is 63.6 Å². The van der Waals surface area contributed by atoms with Gasteiger partial charge in [0.05, 0.1) is 0 Å². The molecule has 0 atom stereocenters. The Morgan fingerprint density at radius 3 is 2.59 bits per heavy atom. The minimum atomic E-state index is -1.04. The summed E-state index contributed by atoms with van der Waals surface area (Å²) in [4.78, 5) is 16.7. The number of pyridine rings is 1. The van der Waals surface area contributed by atoms with Crippen molar-refractivity contribution in [2.45, 2.75) is 33.3 Å². The molecule has 2 aromatic rings.